The number of aliphatic hydroxyl groups excluding tert-OH is 1. The molecule has 0 spiro atoms. The number of amides is 4. The average molecular weight is 514 g/mol. The van der Waals surface area contributed by atoms with Gasteiger partial charge in [0.05, 0.1) is 30.7 Å². The third-order valence-corrected chi connectivity index (χ3v) is 5.79. The molecular weight excluding hydrogens is 478 g/mol. The van der Waals surface area contributed by atoms with Gasteiger partial charge in [0.2, 0.25) is 23.4 Å². The van der Waals surface area contributed by atoms with Crippen molar-refractivity contribution in [1.29, 1.82) is 0 Å². The molecule has 0 aromatic heterocycles. The van der Waals surface area contributed by atoms with E-state index < -0.39 is 60.0 Å². The van der Waals surface area contributed by atoms with Crippen molar-refractivity contribution in [3.8, 4) is 0 Å². The lowest BCUT2D eigenvalue weighted by molar-refractivity contribution is -0.173. The number of hydrogen-bond donors (Lipinski definition) is 6. The normalized spacial score (nSPS) is 20.5. The van der Waals surface area contributed by atoms with Gasteiger partial charge in [0.1, 0.15) is 0 Å². The van der Waals surface area contributed by atoms with Gasteiger partial charge in [-0.1, -0.05) is 30.3 Å². The van der Waals surface area contributed by atoms with Crippen molar-refractivity contribution in [2.45, 2.75) is 69.3 Å². The van der Waals surface area contributed by atoms with E-state index in [4.69, 9.17) is 11.5 Å². The van der Waals surface area contributed by atoms with E-state index in [9.17, 15) is 29.4 Å². The molecule has 1 aromatic rings. The van der Waals surface area contributed by atoms with Crippen LogP contribution in [0.4, 0.5) is 0 Å². The van der Waals surface area contributed by atoms with Gasteiger partial charge >= 0.3 is 0 Å². The summed E-state index contributed by atoms with van der Waals surface area (Å²) in [7, 11) is 0. The Morgan fingerprint density at radius 3 is 2.43 bits per heavy atom. The number of carbonyl (C=O) groups excluding carboxylic acids is 4. The van der Waals surface area contributed by atoms with Crippen LogP contribution in [0.1, 0.15) is 45.1 Å². The molecule has 3 atom stereocenters. The highest BCUT2D eigenvalue weighted by molar-refractivity contribution is 5.93. The van der Waals surface area contributed by atoms with Crippen LogP contribution in [0.2, 0.25) is 0 Å². The molecule has 12 heteroatoms. The molecule has 0 aliphatic carbocycles. The fraction of sp³-hybridized carbons (Fsp3) is 0.565. The molecule has 0 radical (unpaired) electrons. The first-order valence-corrected chi connectivity index (χ1v) is 11.2. The van der Waals surface area contributed by atoms with Crippen LogP contribution in [0, 0.1) is 0 Å². The van der Waals surface area contributed by atoms with Crippen molar-refractivity contribution in [1.82, 2.24) is 15.5 Å². The maximum Gasteiger partial charge on any atom is 0.276 e. The monoisotopic (exact) mass is 513 g/mol. The van der Waals surface area contributed by atoms with E-state index in [0.717, 1.165) is 10.5 Å². The summed E-state index contributed by atoms with van der Waals surface area (Å²) in [5, 5.41) is 26.0. The topological polar surface area (TPSA) is 188 Å². The minimum Gasteiger partial charge on any atom is -0.394 e. The smallest absolute Gasteiger partial charge is 0.276 e. The van der Waals surface area contributed by atoms with E-state index in [1.807, 2.05) is 30.3 Å². The van der Waals surface area contributed by atoms with Crippen LogP contribution in [-0.2, 0) is 25.6 Å². The lowest BCUT2D eigenvalue weighted by Crippen LogP contribution is -2.69. The second kappa shape index (κ2) is 12.8. The van der Waals surface area contributed by atoms with E-state index in [-0.39, 0.29) is 31.8 Å². The SMILES string of the molecule is CC(C)(CO)NC(=O)[C@@]1(O)[C@@H](NC(=O)[C@@H](N)CC(N)=O)CCN1C(=O)CCCc1ccccc1.Cl. The number of aliphatic hydroxyl groups is 2. The molecule has 1 aliphatic heterocycles. The van der Waals surface area contributed by atoms with Crippen molar-refractivity contribution < 1.29 is 29.4 Å². The summed E-state index contributed by atoms with van der Waals surface area (Å²) in [6.45, 7) is 2.70. The van der Waals surface area contributed by atoms with Crippen LogP contribution in [0.25, 0.3) is 0 Å². The van der Waals surface area contributed by atoms with Crippen molar-refractivity contribution in [3.63, 3.8) is 0 Å². The van der Waals surface area contributed by atoms with Crippen LogP contribution in [0.5, 0.6) is 0 Å². The number of nitrogens with two attached hydrogens (primary N) is 2. The second-order valence-corrected chi connectivity index (χ2v) is 9.23. The van der Waals surface area contributed by atoms with Gasteiger partial charge in [-0.05, 0) is 38.7 Å². The quantitative estimate of drug-likeness (QED) is 0.217. The van der Waals surface area contributed by atoms with E-state index in [2.05, 4.69) is 10.6 Å². The number of rotatable bonds is 11. The highest BCUT2D eigenvalue weighted by Gasteiger charge is 2.56. The minimum atomic E-state index is -2.40. The zero-order chi connectivity index (χ0) is 25.5. The molecule has 1 aliphatic rings. The Hall–Kier alpha value is -2.73. The minimum absolute atomic E-state index is 0. The first-order chi connectivity index (χ1) is 15.9. The van der Waals surface area contributed by atoms with Crippen molar-refractivity contribution in [2.24, 2.45) is 11.5 Å². The first kappa shape index (κ1) is 30.3. The zero-order valence-corrected chi connectivity index (χ0v) is 20.8. The summed E-state index contributed by atoms with van der Waals surface area (Å²) in [4.78, 5) is 50.8. The standard InChI is InChI=1S/C23H35N5O6.ClH/c1-22(2,14-29)27-21(33)23(34)17(26-20(32)16(24)13-18(25)30)11-12-28(23)19(31)10-6-9-15-7-4-3-5-8-15;/h3-5,7-8,16-17,29,34H,6,9-14,24H2,1-2H3,(H2,25,30)(H,26,32)(H,27,33);1H/t16-,17-,23-;/m0./s1. The average Bonchev–Trinajstić information content (AvgIpc) is 3.11. The molecule has 1 saturated heterocycles. The molecule has 0 saturated carbocycles. The lowest BCUT2D eigenvalue weighted by Gasteiger charge is -2.38. The molecule has 4 amide bonds. The van der Waals surface area contributed by atoms with Gasteiger partial charge < -0.3 is 37.2 Å². The second-order valence-electron chi connectivity index (χ2n) is 9.23. The molecule has 35 heavy (non-hydrogen) atoms. The number of aryl methyl sites for hydroxylation is 1. The first-order valence-electron chi connectivity index (χ1n) is 11.2. The molecule has 196 valence electrons. The summed E-state index contributed by atoms with van der Waals surface area (Å²) in [5.41, 5.74) is 8.34. The Labute approximate surface area is 211 Å². The van der Waals surface area contributed by atoms with Gasteiger partial charge in [-0.2, -0.15) is 0 Å². The molecule has 1 heterocycles. The molecule has 1 fully saturated rings. The summed E-state index contributed by atoms with van der Waals surface area (Å²) < 4.78 is 0. The third-order valence-electron chi connectivity index (χ3n) is 5.79. The summed E-state index contributed by atoms with van der Waals surface area (Å²) >= 11 is 0. The molecule has 1 aromatic carbocycles. The summed E-state index contributed by atoms with van der Waals surface area (Å²) in [5.74, 6) is -2.94. The fourth-order valence-electron chi connectivity index (χ4n) is 3.84. The van der Waals surface area contributed by atoms with Gasteiger partial charge in [-0.25, -0.2) is 0 Å². The largest absolute Gasteiger partial charge is 0.394 e. The van der Waals surface area contributed by atoms with Crippen LogP contribution in [0.3, 0.4) is 0 Å². The van der Waals surface area contributed by atoms with Crippen molar-refractivity contribution >= 4 is 36.0 Å². The molecule has 0 unspecified atom stereocenters. The number of nitrogens with one attached hydrogen (secondary N) is 2. The Bertz CT molecular complexity index is 900. The number of benzene rings is 1. The number of nitrogens with zero attached hydrogens (tertiary/aromatic N) is 1. The van der Waals surface area contributed by atoms with Crippen molar-refractivity contribution in [2.75, 3.05) is 13.2 Å². The Balaban J connectivity index is 0.00000612. The Morgan fingerprint density at radius 2 is 1.86 bits per heavy atom. The van der Waals surface area contributed by atoms with Crippen LogP contribution in [0.15, 0.2) is 30.3 Å². The van der Waals surface area contributed by atoms with E-state index in [0.29, 0.717) is 12.8 Å². The maximum absolute atomic E-state index is 13.2. The number of primary amides is 1. The molecular formula is C23H36ClN5O6. The molecule has 8 N–H and O–H groups in total. The van der Waals surface area contributed by atoms with Gasteiger partial charge in [0.25, 0.3) is 5.91 Å². The van der Waals surface area contributed by atoms with Gasteiger partial charge in [0, 0.05) is 13.0 Å². The summed E-state index contributed by atoms with van der Waals surface area (Å²) in [6, 6.07) is 7.15. The lowest BCUT2D eigenvalue weighted by atomic mass is 9.99. The predicted molar refractivity (Wildman–Crippen MR) is 131 cm³/mol. The maximum atomic E-state index is 13.2. The van der Waals surface area contributed by atoms with E-state index in [1.165, 1.54) is 0 Å². The highest BCUT2D eigenvalue weighted by Crippen LogP contribution is 2.30. The van der Waals surface area contributed by atoms with Gasteiger partial charge in [-0.15, -0.1) is 12.4 Å². The molecule has 2 rings (SSSR count). The van der Waals surface area contributed by atoms with Gasteiger partial charge in [-0.3, -0.25) is 19.2 Å². The van der Waals surface area contributed by atoms with Crippen LogP contribution < -0.4 is 22.1 Å². The molecule has 0 bridgehead atoms. The fourth-order valence-corrected chi connectivity index (χ4v) is 3.84. The zero-order valence-electron chi connectivity index (χ0n) is 20.0. The van der Waals surface area contributed by atoms with E-state index >= 15 is 0 Å². The molecule has 11 nitrogen and oxygen atoms in total. The predicted octanol–water partition coefficient (Wildman–Crippen LogP) is -1.07. The third kappa shape index (κ3) is 7.89. The number of halogens is 1. The number of carbonyl (C=O) groups is 4. The Kier molecular flexibility index (Phi) is 11.1. The number of hydrogen-bond acceptors (Lipinski definition) is 7. The summed E-state index contributed by atoms with van der Waals surface area (Å²) in [6.07, 6.45) is 0.895. The van der Waals surface area contributed by atoms with Crippen LogP contribution in [-0.4, -0.2) is 75.2 Å². The number of likely N-dealkylation sites (tertiary alicyclic amines) is 1. The van der Waals surface area contributed by atoms with Crippen LogP contribution >= 0.6 is 12.4 Å². The highest BCUT2D eigenvalue weighted by atomic mass is 35.5. The Morgan fingerprint density at radius 1 is 1.23 bits per heavy atom. The van der Waals surface area contributed by atoms with E-state index in [1.54, 1.807) is 13.8 Å². The van der Waals surface area contributed by atoms with Gasteiger partial charge in [0.15, 0.2) is 0 Å². The van der Waals surface area contributed by atoms with Crippen molar-refractivity contribution in [3.05, 3.63) is 35.9 Å².